The molecule has 0 radical (unpaired) electrons. The molecule has 0 saturated carbocycles. The maximum absolute atomic E-state index is 8.59. The summed E-state index contributed by atoms with van der Waals surface area (Å²) in [6.45, 7) is 0. The molecule has 0 heterocycles. The first-order valence-corrected chi connectivity index (χ1v) is 4.39. The van der Waals surface area contributed by atoms with Crippen molar-refractivity contribution >= 4 is 5.57 Å². The van der Waals surface area contributed by atoms with E-state index in [4.69, 9.17) is 10.5 Å². The third-order valence-corrected chi connectivity index (χ3v) is 1.89. The lowest BCUT2D eigenvalue weighted by Crippen LogP contribution is -1.83. The predicted octanol–water partition coefficient (Wildman–Crippen LogP) is 2.90. The molecule has 0 aliphatic heterocycles. The number of allylic oxidation sites excluding steroid dienone is 2. The van der Waals surface area contributed by atoms with E-state index < -0.39 is 0 Å². The second-order valence-corrected chi connectivity index (χ2v) is 2.82. The Hall–Kier alpha value is -2.06. The number of rotatable bonds is 3. The van der Waals surface area contributed by atoms with Crippen molar-refractivity contribution in [3.05, 3.63) is 42.0 Å². The van der Waals surface area contributed by atoms with E-state index in [0.29, 0.717) is 12.8 Å². The fourth-order valence-corrected chi connectivity index (χ4v) is 1.22. The van der Waals surface area contributed by atoms with E-state index in [1.165, 1.54) is 6.08 Å². The van der Waals surface area contributed by atoms with Crippen molar-refractivity contribution in [2.24, 2.45) is 0 Å². The predicted molar refractivity (Wildman–Crippen MR) is 54.9 cm³/mol. The number of hydrogen-bond acceptors (Lipinski definition) is 2. The monoisotopic (exact) mass is 182 g/mol. The van der Waals surface area contributed by atoms with Gasteiger partial charge in [-0.15, -0.1) is 0 Å². The van der Waals surface area contributed by atoms with Crippen LogP contribution in [0.15, 0.2) is 36.4 Å². The average Bonchev–Trinajstić information content (AvgIpc) is 2.25. The van der Waals surface area contributed by atoms with E-state index in [0.717, 1.165) is 11.1 Å². The Kier molecular flexibility index (Phi) is 3.98. The second-order valence-electron chi connectivity index (χ2n) is 2.82. The molecule has 0 unspecified atom stereocenters. The summed E-state index contributed by atoms with van der Waals surface area (Å²) in [5.74, 6) is 0. The lowest BCUT2D eigenvalue weighted by molar-refractivity contribution is 1.08. The summed E-state index contributed by atoms with van der Waals surface area (Å²) in [6.07, 6.45) is 2.59. The zero-order valence-corrected chi connectivity index (χ0v) is 7.77. The van der Waals surface area contributed by atoms with Crippen LogP contribution in [0.1, 0.15) is 18.4 Å². The van der Waals surface area contributed by atoms with Crippen LogP contribution in [0.2, 0.25) is 0 Å². The van der Waals surface area contributed by atoms with Crippen molar-refractivity contribution < 1.29 is 0 Å². The second kappa shape index (κ2) is 5.56. The van der Waals surface area contributed by atoms with E-state index in [1.54, 1.807) is 0 Å². The third kappa shape index (κ3) is 2.77. The minimum absolute atomic E-state index is 0.447. The summed E-state index contributed by atoms with van der Waals surface area (Å²) < 4.78 is 0. The maximum Gasteiger partial charge on any atom is 0.0915 e. The molecule has 0 aromatic heterocycles. The van der Waals surface area contributed by atoms with E-state index in [2.05, 4.69) is 6.07 Å². The molecule has 0 bridgehead atoms. The molecule has 0 spiro atoms. The van der Waals surface area contributed by atoms with Crippen LogP contribution in [-0.4, -0.2) is 0 Å². The SMILES string of the molecule is N#C/C=C(\CCC#N)c1ccccc1. The minimum Gasteiger partial charge on any atom is -0.198 e. The van der Waals surface area contributed by atoms with Gasteiger partial charge in [0.1, 0.15) is 0 Å². The highest BCUT2D eigenvalue weighted by Crippen LogP contribution is 2.18. The first-order valence-electron chi connectivity index (χ1n) is 4.39. The van der Waals surface area contributed by atoms with E-state index in [-0.39, 0.29) is 0 Å². The summed E-state index contributed by atoms with van der Waals surface area (Å²) in [5, 5.41) is 17.1. The summed E-state index contributed by atoms with van der Waals surface area (Å²) >= 11 is 0. The highest BCUT2D eigenvalue weighted by molar-refractivity contribution is 5.67. The summed E-state index contributed by atoms with van der Waals surface area (Å²) in [4.78, 5) is 0. The number of benzene rings is 1. The summed E-state index contributed by atoms with van der Waals surface area (Å²) in [6, 6.07) is 13.7. The molecule has 1 aromatic rings. The Morgan fingerprint density at radius 1 is 1.21 bits per heavy atom. The minimum atomic E-state index is 0.447. The van der Waals surface area contributed by atoms with Gasteiger partial charge >= 0.3 is 0 Å². The topological polar surface area (TPSA) is 47.6 Å². The van der Waals surface area contributed by atoms with Crippen LogP contribution in [0.25, 0.3) is 5.57 Å². The Labute approximate surface area is 83.7 Å². The molecule has 0 saturated heterocycles. The molecule has 0 fully saturated rings. The van der Waals surface area contributed by atoms with Gasteiger partial charge in [-0.25, -0.2) is 0 Å². The van der Waals surface area contributed by atoms with Gasteiger partial charge in [-0.3, -0.25) is 0 Å². The highest BCUT2D eigenvalue weighted by atomic mass is 14.2. The number of nitriles is 2. The average molecular weight is 182 g/mol. The largest absolute Gasteiger partial charge is 0.198 e. The summed E-state index contributed by atoms with van der Waals surface area (Å²) in [7, 11) is 0. The van der Waals surface area contributed by atoms with Crippen LogP contribution in [-0.2, 0) is 0 Å². The van der Waals surface area contributed by atoms with Gasteiger partial charge in [0, 0.05) is 12.5 Å². The molecule has 0 N–H and O–H groups in total. The molecule has 1 aromatic carbocycles. The Morgan fingerprint density at radius 2 is 1.93 bits per heavy atom. The van der Waals surface area contributed by atoms with Crippen LogP contribution in [0.4, 0.5) is 0 Å². The Balaban J connectivity index is 2.87. The first kappa shape index (κ1) is 10.0. The van der Waals surface area contributed by atoms with Crippen molar-refractivity contribution in [1.29, 1.82) is 10.5 Å². The normalized spacial score (nSPS) is 10.3. The van der Waals surface area contributed by atoms with Gasteiger partial charge in [-0.2, -0.15) is 10.5 Å². The molecule has 0 aliphatic carbocycles. The standard InChI is InChI=1S/C12H10N2/c13-9-4-7-12(8-10-14)11-5-2-1-3-6-11/h1-3,5-6,8H,4,7H2/b12-8+. The smallest absolute Gasteiger partial charge is 0.0915 e. The van der Waals surface area contributed by atoms with E-state index in [1.807, 2.05) is 36.4 Å². The summed E-state index contributed by atoms with van der Waals surface area (Å²) in [5.41, 5.74) is 1.94. The van der Waals surface area contributed by atoms with Crippen molar-refractivity contribution in [2.45, 2.75) is 12.8 Å². The fraction of sp³-hybridized carbons (Fsp3) is 0.167. The molecule has 2 nitrogen and oxygen atoms in total. The van der Waals surface area contributed by atoms with Crippen LogP contribution >= 0.6 is 0 Å². The molecule has 0 amide bonds. The zero-order valence-electron chi connectivity index (χ0n) is 7.77. The fourth-order valence-electron chi connectivity index (χ4n) is 1.22. The van der Waals surface area contributed by atoms with Crippen molar-refractivity contribution in [3.8, 4) is 12.1 Å². The van der Waals surface area contributed by atoms with Crippen LogP contribution in [0, 0.1) is 22.7 Å². The van der Waals surface area contributed by atoms with Crippen molar-refractivity contribution in [1.82, 2.24) is 0 Å². The molecule has 68 valence electrons. The molecular weight excluding hydrogens is 172 g/mol. The van der Waals surface area contributed by atoms with Gasteiger partial charge in [0.15, 0.2) is 0 Å². The van der Waals surface area contributed by atoms with Crippen LogP contribution < -0.4 is 0 Å². The van der Waals surface area contributed by atoms with Gasteiger partial charge in [0.25, 0.3) is 0 Å². The molecule has 0 atom stereocenters. The first-order chi connectivity index (χ1) is 6.88. The van der Waals surface area contributed by atoms with Gasteiger partial charge in [0.05, 0.1) is 12.1 Å². The van der Waals surface area contributed by atoms with Gasteiger partial charge in [0.2, 0.25) is 0 Å². The molecule has 1 rings (SSSR count). The Bertz CT molecular complexity index is 391. The molecular formula is C12H10N2. The van der Waals surface area contributed by atoms with E-state index >= 15 is 0 Å². The third-order valence-electron chi connectivity index (χ3n) is 1.89. The van der Waals surface area contributed by atoms with Crippen molar-refractivity contribution in [3.63, 3.8) is 0 Å². The quantitative estimate of drug-likeness (QED) is 0.675. The number of nitrogens with zero attached hydrogens (tertiary/aromatic N) is 2. The van der Waals surface area contributed by atoms with Crippen LogP contribution in [0.5, 0.6) is 0 Å². The van der Waals surface area contributed by atoms with Gasteiger partial charge < -0.3 is 0 Å². The van der Waals surface area contributed by atoms with Gasteiger partial charge in [-0.1, -0.05) is 30.3 Å². The number of hydrogen-bond donors (Lipinski definition) is 0. The lowest BCUT2D eigenvalue weighted by atomic mass is 10.0. The highest BCUT2D eigenvalue weighted by Gasteiger charge is 1.99. The molecule has 0 aliphatic rings. The van der Waals surface area contributed by atoms with E-state index in [9.17, 15) is 0 Å². The maximum atomic E-state index is 8.59. The lowest BCUT2D eigenvalue weighted by Gasteiger charge is -2.02. The molecule has 2 heteroatoms. The van der Waals surface area contributed by atoms with Gasteiger partial charge in [-0.05, 0) is 17.6 Å². The molecule has 14 heavy (non-hydrogen) atoms. The zero-order chi connectivity index (χ0) is 10.2. The van der Waals surface area contributed by atoms with Crippen LogP contribution in [0.3, 0.4) is 0 Å². The van der Waals surface area contributed by atoms with Crippen molar-refractivity contribution in [2.75, 3.05) is 0 Å². The Morgan fingerprint density at radius 3 is 2.50 bits per heavy atom.